The van der Waals surface area contributed by atoms with Crippen LogP contribution in [0.25, 0.3) is 22.3 Å². The van der Waals surface area contributed by atoms with E-state index in [0.717, 1.165) is 40.7 Å². The van der Waals surface area contributed by atoms with Crippen molar-refractivity contribution in [1.29, 1.82) is 0 Å². The number of benzene rings is 10. The molecule has 6 unspecified atom stereocenters. The van der Waals surface area contributed by atoms with E-state index in [1.807, 2.05) is 0 Å². The number of anilines is 9. The zero-order valence-electron chi connectivity index (χ0n) is 63.9. The lowest BCUT2D eigenvalue weighted by Gasteiger charge is -2.59. The quantitative estimate of drug-likeness (QED) is 0.113. The van der Waals surface area contributed by atoms with Gasteiger partial charge in [-0.15, -0.1) is 11.8 Å². The van der Waals surface area contributed by atoms with Gasteiger partial charge in [0, 0.05) is 79.2 Å². The maximum atomic E-state index is 3.38. The molecule has 0 bridgehead atoms. The van der Waals surface area contributed by atoms with Crippen molar-refractivity contribution in [1.82, 2.24) is 4.90 Å². The van der Waals surface area contributed by atoms with Crippen molar-refractivity contribution in [3.8, 4) is 22.3 Å². The minimum atomic E-state index is -0.0415. The van der Waals surface area contributed by atoms with Gasteiger partial charge in [0.05, 0.1) is 11.4 Å². The molecule has 5 aliphatic carbocycles. The maximum absolute atomic E-state index is 3.38. The van der Waals surface area contributed by atoms with Gasteiger partial charge in [-0.3, -0.25) is 4.90 Å². The van der Waals surface area contributed by atoms with Gasteiger partial charge in [-0.05, 0) is 222 Å². The van der Waals surface area contributed by atoms with Gasteiger partial charge in [0.25, 0.3) is 6.71 Å². The molecule has 9 aliphatic rings. The number of thioether (sulfide) groups is 1. The largest absolute Gasteiger partial charge is 0.311 e. The van der Waals surface area contributed by atoms with Gasteiger partial charge in [0.15, 0.2) is 6.71 Å². The van der Waals surface area contributed by atoms with Gasteiger partial charge in [0.2, 0.25) is 0 Å². The third kappa shape index (κ3) is 12.4. The third-order valence-electron chi connectivity index (χ3n) is 28.2. The molecule has 1 saturated heterocycles. The van der Waals surface area contributed by atoms with Crippen molar-refractivity contribution in [2.75, 3.05) is 14.7 Å². The summed E-state index contributed by atoms with van der Waals surface area (Å²) in [7, 11) is 0. The molecule has 7 heteroatoms. The van der Waals surface area contributed by atoms with Crippen LogP contribution in [-0.4, -0.2) is 41.7 Å². The molecular formula is C99H108B2N4S. The summed E-state index contributed by atoms with van der Waals surface area (Å²) in [6, 6.07) is 94.5. The maximum Gasteiger partial charge on any atom is 0.252 e. The molecule has 0 spiro atoms. The fourth-order valence-electron chi connectivity index (χ4n) is 23.3. The molecule has 0 N–H and O–H groups in total. The van der Waals surface area contributed by atoms with Crippen LogP contribution in [0, 0.1) is 23.7 Å². The van der Waals surface area contributed by atoms with Crippen molar-refractivity contribution < 1.29 is 0 Å². The molecule has 0 radical (unpaired) electrons. The monoisotopic (exact) mass is 1410 g/mol. The summed E-state index contributed by atoms with van der Waals surface area (Å²) in [5.74, 6) is 5.51. The highest BCUT2D eigenvalue weighted by Crippen LogP contribution is 2.63. The van der Waals surface area contributed by atoms with E-state index < -0.39 is 0 Å². The Morgan fingerprint density at radius 2 is 0.925 bits per heavy atom. The third-order valence-corrected chi connectivity index (χ3v) is 29.6. The first-order valence-electron chi connectivity index (χ1n) is 41.7. The topological polar surface area (TPSA) is 13.0 Å². The van der Waals surface area contributed by atoms with Gasteiger partial charge >= 0.3 is 0 Å². The zero-order chi connectivity index (χ0) is 71.4. The lowest BCUT2D eigenvalue weighted by atomic mass is 9.21. The predicted octanol–water partition coefficient (Wildman–Crippen LogP) is 24.6. The Hall–Kier alpha value is -7.96. The molecule has 10 aromatic carbocycles. The van der Waals surface area contributed by atoms with Crippen LogP contribution in [0.3, 0.4) is 0 Å². The lowest BCUT2D eigenvalue weighted by Crippen LogP contribution is -2.64. The van der Waals surface area contributed by atoms with Crippen molar-refractivity contribution in [2.45, 2.75) is 227 Å². The van der Waals surface area contributed by atoms with Crippen molar-refractivity contribution in [2.24, 2.45) is 23.7 Å². The fraction of sp³-hybridized carbons (Fsp3) is 0.394. The average Bonchev–Trinajstić information content (AvgIpc) is 0.681. The molecule has 4 aliphatic heterocycles. The molecule has 0 aromatic heterocycles. The molecule has 4 heterocycles. The minimum absolute atomic E-state index is 0.000741. The van der Waals surface area contributed by atoms with Crippen molar-refractivity contribution >= 4 is 98.2 Å². The lowest BCUT2D eigenvalue weighted by molar-refractivity contribution is -0.00407. The number of para-hydroxylation sites is 5. The second kappa shape index (κ2) is 28.2. The molecule has 10 aromatic rings. The number of fused-ring (bicyclic) bond motifs is 8. The highest BCUT2D eigenvalue weighted by Gasteiger charge is 2.58. The second-order valence-corrected chi connectivity index (χ2v) is 37.4. The Kier molecular flexibility index (Phi) is 18.3. The first-order chi connectivity index (χ1) is 51.8. The fourth-order valence-corrected chi connectivity index (χ4v) is 25.0. The molecule has 106 heavy (non-hydrogen) atoms. The summed E-state index contributed by atoms with van der Waals surface area (Å²) in [6.07, 6.45) is 28.1. The van der Waals surface area contributed by atoms with E-state index in [2.05, 4.69) is 309 Å². The number of rotatable bonds is 12. The predicted molar refractivity (Wildman–Crippen MR) is 455 cm³/mol. The van der Waals surface area contributed by atoms with Gasteiger partial charge < -0.3 is 14.7 Å². The molecule has 6 atom stereocenters. The van der Waals surface area contributed by atoms with Crippen molar-refractivity contribution in [3.05, 3.63) is 253 Å². The van der Waals surface area contributed by atoms with Gasteiger partial charge in [-0.2, -0.15) is 0 Å². The Morgan fingerprint density at radius 1 is 0.387 bits per heavy atom. The Balaban J connectivity index is 0.836. The zero-order valence-corrected chi connectivity index (χ0v) is 64.7. The van der Waals surface area contributed by atoms with E-state index in [9.17, 15) is 0 Å². The van der Waals surface area contributed by atoms with Gasteiger partial charge in [-0.1, -0.05) is 287 Å². The molecule has 0 amide bonds. The van der Waals surface area contributed by atoms with Crippen LogP contribution in [0.15, 0.2) is 241 Å². The van der Waals surface area contributed by atoms with E-state index in [1.54, 1.807) is 15.9 Å². The Bertz CT molecular complexity index is 4660. The van der Waals surface area contributed by atoms with E-state index in [4.69, 9.17) is 0 Å². The van der Waals surface area contributed by atoms with Crippen LogP contribution in [0.4, 0.5) is 51.2 Å². The average molecular weight is 1410 g/mol. The summed E-state index contributed by atoms with van der Waals surface area (Å²) >= 11 is 2.37. The smallest absolute Gasteiger partial charge is 0.252 e. The highest BCUT2D eigenvalue weighted by molar-refractivity contribution is 8.00. The van der Waals surface area contributed by atoms with Crippen LogP contribution in [0.1, 0.15) is 193 Å². The Labute approximate surface area is 639 Å². The van der Waals surface area contributed by atoms with Crippen molar-refractivity contribution in [3.63, 3.8) is 0 Å². The standard InChI is InChI=1S/C99H108B2N4S/c1-98(2,3)74-51-43-70(44-52-74)83-38-26-39-84(71-45-53-75(54-46-71)99(4,5)6)97(83)105-90-65-93-88(64-87(90)101-86-41-24-25-42-89(86)104(78-36-20-11-21-37-78)91-61-82(62-92(105)96(91)101)102(76-32-16-9-17-33-76)77-34-18-10-19-35-77)100-85-40-23-22-31-72(85)59-73-60-81(63-94(106-93)95(73)100)103(79-55-47-68(48-56-79)66-27-12-7-13-28-66)80-57-49-69(50-58-80)67-29-14-8-15-30-67/h7,9-13,16-21,24-28,32-39,41-46,51-54,61-62,64-65,67-69,72-73,79-81,85,94-95H,8,14-15,22-23,29-31,40,47-50,55-60,63H2,1-6H3. The van der Waals surface area contributed by atoms with E-state index in [0.29, 0.717) is 47.6 Å². The number of nitrogens with zero attached hydrogens (tertiary/aromatic N) is 4. The summed E-state index contributed by atoms with van der Waals surface area (Å²) < 4.78 is 0. The summed E-state index contributed by atoms with van der Waals surface area (Å²) in [5, 5.41) is 0.567. The van der Waals surface area contributed by atoms with E-state index in [1.165, 1.54) is 212 Å². The normalized spacial score (nSPS) is 24.8. The minimum Gasteiger partial charge on any atom is -0.311 e. The van der Waals surface area contributed by atoms with Gasteiger partial charge in [-0.25, -0.2) is 0 Å². The Morgan fingerprint density at radius 3 is 1.55 bits per heavy atom. The summed E-state index contributed by atoms with van der Waals surface area (Å²) in [4.78, 5) is 13.0. The van der Waals surface area contributed by atoms with Crippen LogP contribution >= 0.6 is 11.8 Å². The molecule has 536 valence electrons. The second-order valence-electron chi connectivity index (χ2n) is 36.1. The summed E-state index contributed by atoms with van der Waals surface area (Å²) in [5.41, 5.74) is 26.0. The molecular weight excluding hydrogens is 1300 g/mol. The molecule has 5 saturated carbocycles. The number of hydrogen-bond acceptors (Lipinski definition) is 5. The van der Waals surface area contributed by atoms with E-state index in [-0.39, 0.29) is 17.5 Å². The first-order valence-corrected chi connectivity index (χ1v) is 42.6. The van der Waals surface area contributed by atoms with Crippen LogP contribution < -0.4 is 36.6 Å². The molecule has 6 fully saturated rings. The highest BCUT2D eigenvalue weighted by atomic mass is 32.2. The summed E-state index contributed by atoms with van der Waals surface area (Å²) in [6.45, 7) is 14.6. The number of hydrogen-bond donors (Lipinski definition) is 0. The molecule has 4 nitrogen and oxygen atoms in total. The van der Waals surface area contributed by atoms with Crippen LogP contribution in [-0.2, 0) is 10.8 Å². The van der Waals surface area contributed by atoms with Gasteiger partial charge in [0.1, 0.15) is 0 Å². The SMILES string of the molecule is CC(C)(C)c1ccc(-c2cccc(-c3ccc(C(C)(C)C)cc3)c2N2c3cc4c(cc3B3c5ccccc5N(c5ccccc5)c5cc(N(c6ccccc6)c6ccccc6)cc2c53)B2C3CCCCC3CC3CC(N(C5CCC(c6ccccc6)CC5)C5CCC(C6CCCCC6)CC5)CC(S4)C23)cc1. The van der Waals surface area contributed by atoms with Crippen LogP contribution in [0.2, 0.25) is 11.6 Å². The molecule has 19 rings (SSSR count). The van der Waals surface area contributed by atoms with Crippen LogP contribution in [0.5, 0.6) is 0 Å². The first kappa shape index (κ1) is 68.6. The van der Waals surface area contributed by atoms with E-state index >= 15 is 0 Å².